The second-order valence-electron chi connectivity index (χ2n) is 4.85. The van der Waals surface area contributed by atoms with E-state index in [0.29, 0.717) is 11.6 Å². The van der Waals surface area contributed by atoms with E-state index in [1.165, 1.54) is 0 Å². The molecule has 0 aliphatic heterocycles. The number of rotatable bonds is 5. The van der Waals surface area contributed by atoms with Crippen molar-refractivity contribution in [2.24, 2.45) is 0 Å². The van der Waals surface area contributed by atoms with Crippen LogP contribution in [0.1, 0.15) is 17.2 Å². The van der Waals surface area contributed by atoms with Gasteiger partial charge in [-0.25, -0.2) is 4.79 Å². The lowest BCUT2D eigenvalue weighted by Crippen LogP contribution is -2.35. The van der Waals surface area contributed by atoms with E-state index in [4.69, 9.17) is 16.3 Å². The topological polar surface area (TPSA) is 63.2 Å². The first-order chi connectivity index (χ1) is 10.6. The Labute approximate surface area is 134 Å². The Morgan fingerprint density at radius 1 is 1.32 bits per heavy atom. The fourth-order valence-electron chi connectivity index (χ4n) is 2.01. The molecule has 2 amide bonds. The van der Waals surface area contributed by atoms with Gasteiger partial charge in [0.2, 0.25) is 0 Å². The lowest BCUT2D eigenvalue weighted by atomic mass is 10.1. The number of hydrogen-bond acceptors (Lipinski definition) is 3. The predicted molar refractivity (Wildman–Crippen MR) is 87.2 cm³/mol. The van der Waals surface area contributed by atoms with Gasteiger partial charge in [0.25, 0.3) is 0 Å². The summed E-state index contributed by atoms with van der Waals surface area (Å²) >= 11 is 5.89. The van der Waals surface area contributed by atoms with Gasteiger partial charge in [0.1, 0.15) is 0 Å². The standard InChI is InChI=1S/C16H18ClN3O2/c1-11-9-18-8-7-14(11)19-16(21)20-15(10-22-2)12-3-5-13(17)6-4-12/h3-9,15H,10H2,1-2H3,(H2,18,19,20,21). The second kappa shape index (κ2) is 7.77. The molecule has 0 radical (unpaired) electrons. The smallest absolute Gasteiger partial charge is 0.319 e. The number of amides is 2. The summed E-state index contributed by atoms with van der Waals surface area (Å²) in [4.78, 5) is 16.2. The van der Waals surface area contributed by atoms with Crippen molar-refractivity contribution in [3.05, 3.63) is 58.9 Å². The van der Waals surface area contributed by atoms with Gasteiger partial charge in [-0.05, 0) is 36.2 Å². The van der Waals surface area contributed by atoms with Crippen LogP contribution in [0.4, 0.5) is 10.5 Å². The molecule has 0 saturated carbocycles. The van der Waals surface area contributed by atoms with Gasteiger partial charge in [-0.15, -0.1) is 0 Å². The Morgan fingerprint density at radius 3 is 2.68 bits per heavy atom. The lowest BCUT2D eigenvalue weighted by Gasteiger charge is -2.19. The molecule has 0 fully saturated rings. The van der Waals surface area contributed by atoms with Gasteiger partial charge in [0.15, 0.2) is 0 Å². The summed E-state index contributed by atoms with van der Waals surface area (Å²) < 4.78 is 5.18. The Kier molecular flexibility index (Phi) is 5.75. The molecule has 2 aromatic rings. The molecular weight excluding hydrogens is 302 g/mol. The van der Waals surface area contributed by atoms with Crippen LogP contribution < -0.4 is 10.6 Å². The van der Waals surface area contributed by atoms with Crippen molar-refractivity contribution in [1.29, 1.82) is 0 Å². The van der Waals surface area contributed by atoms with Crippen molar-refractivity contribution in [3.8, 4) is 0 Å². The molecule has 0 bridgehead atoms. The zero-order valence-corrected chi connectivity index (χ0v) is 13.2. The molecule has 1 heterocycles. The minimum atomic E-state index is -0.300. The molecule has 0 aliphatic carbocycles. The number of aryl methyl sites for hydroxylation is 1. The zero-order valence-electron chi connectivity index (χ0n) is 12.5. The summed E-state index contributed by atoms with van der Waals surface area (Å²) in [7, 11) is 1.59. The molecule has 6 heteroatoms. The van der Waals surface area contributed by atoms with Crippen LogP contribution in [-0.2, 0) is 4.74 Å². The highest BCUT2D eigenvalue weighted by Crippen LogP contribution is 2.18. The second-order valence-corrected chi connectivity index (χ2v) is 5.28. The Bertz CT molecular complexity index is 632. The van der Waals surface area contributed by atoms with Crippen LogP contribution in [0.3, 0.4) is 0 Å². The predicted octanol–water partition coefficient (Wildman–Crippen LogP) is 3.55. The molecule has 1 aromatic carbocycles. The maximum atomic E-state index is 12.2. The van der Waals surface area contributed by atoms with Gasteiger partial charge < -0.3 is 15.4 Å². The van der Waals surface area contributed by atoms with Gasteiger partial charge in [0.05, 0.1) is 12.6 Å². The van der Waals surface area contributed by atoms with Crippen molar-refractivity contribution in [1.82, 2.24) is 10.3 Å². The molecule has 0 saturated heterocycles. The lowest BCUT2D eigenvalue weighted by molar-refractivity contribution is 0.168. The largest absolute Gasteiger partial charge is 0.382 e. The Morgan fingerprint density at radius 2 is 2.05 bits per heavy atom. The van der Waals surface area contributed by atoms with E-state index in [-0.39, 0.29) is 12.1 Å². The van der Waals surface area contributed by atoms with Crippen LogP contribution in [0.25, 0.3) is 0 Å². The molecule has 0 aliphatic rings. The van der Waals surface area contributed by atoms with Gasteiger partial charge in [0, 0.05) is 30.2 Å². The molecule has 0 spiro atoms. The first-order valence-corrected chi connectivity index (χ1v) is 7.20. The number of methoxy groups -OCH3 is 1. The van der Waals surface area contributed by atoms with Crippen LogP contribution in [0.2, 0.25) is 5.02 Å². The number of urea groups is 1. The van der Waals surface area contributed by atoms with Crippen molar-refractivity contribution in [3.63, 3.8) is 0 Å². The molecule has 5 nitrogen and oxygen atoms in total. The van der Waals surface area contributed by atoms with Crippen LogP contribution in [-0.4, -0.2) is 24.7 Å². The summed E-state index contributed by atoms with van der Waals surface area (Å²) in [6, 6.07) is 8.49. The van der Waals surface area contributed by atoms with Crippen LogP contribution >= 0.6 is 11.6 Å². The van der Waals surface area contributed by atoms with Crippen LogP contribution in [0, 0.1) is 6.92 Å². The average Bonchev–Trinajstić information content (AvgIpc) is 2.50. The van der Waals surface area contributed by atoms with E-state index in [9.17, 15) is 4.79 Å². The highest BCUT2D eigenvalue weighted by atomic mass is 35.5. The number of carbonyl (C=O) groups excluding carboxylic acids is 1. The van der Waals surface area contributed by atoms with Crippen molar-refractivity contribution < 1.29 is 9.53 Å². The minimum absolute atomic E-state index is 0.260. The summed E-state index contributed by atoms with van der Waals surface area (Å²) in [5, 5.41) is 6.35. The molecule has 22 heavy (non-hydrogen) atoms. The molecule has 2 N–H and O–H groups in total. The van der Waals surface area contributed by atoms with Crippen LogP contribution in [0.15, 0.2) is 42.7 Å². The SMILES string of the molecule is COCC(NC(=O)Nc1ccncc1C)c1ccc(Cl)cc1. The van der Waals surface area contributed by atoms with Crippen LogP contribution in [0.5, 0.6) is 0 Å². The number of ether oxygens (including phenoxy) is 1. The first kappa shape index (κ1) is 16.3. The van der Waals surface area contributed by atoms with E-state index in [2.05, 4.69) is 15.6 Å². The number of pyridine rings is 1. The van der Waals surface area contributed by atoms with Crippen molar-refractivity contribution in [2.45, 2.75) is 13.0 Å². The number of carbonyl (C=O) groups is 1. The highest BCUT2D eigenvalue weighted by Gasteiger charge is 2.15. The van der Waals surface area contributed by atoms with Gasteiger partial charge in [-0.2, -0.15) is 0 Å². The Balaban J connectivity index is 2.06. The summed E-state index contributed by atoms with van der Waals surface area (Å²) in [6.07, 6.45) is 3.33. The third-order valence-electron chi connectivity index (χ3n) is 3.18. The van der Waals surface area contributed by atoms with E-state index < -0.39 is 0 Å². The number of hydrogen-bond donors (Lipinski definition) is 2. The number of nitrogens with one attached hydrogen (secondary N) is 2. The highest BCUT2D eigenvalue weighted by molar-refractivity contribution is 6.30. The first-order valence-electron chi connectivity index (χ1n) is 6.82. The number of aromatic nitrogens is 1. The van der Waals surface area contributed by atoms with E-state index in [1.807, 2.05) is 19.1 Å². The summed E-state index contributed by atoms with van der Waals surface area (Å²) in [5.41, 5.74) is 2.54. The fraction of sp³-hybridized carbons (Fsp3) is 0.250. The average molecular weight is 320 g/mol. The monoisotopic (exact) mass is 319 g/mol. The van der Waals surface area contributed by atoms with Crippen molar-refractivity contribution in [2.75, 3.05) is 19.0 Å². The Hall–Kier alpha value is -2.11. The fourth-order valence-corrected chi connectivity index (χ4v) is 2.14. The number of halogens is 1. The number of anilines is 1. The summed E-state index contributed by atoms with van der Waals surface area (Å²) in [5.74, 6) is 0. The molecular formula is C16H18ClN3O2. The third-order valence-corrected chi connectivity index (χ3v) is 3.43. The maximum Gasteiger partial charge on any atom is 0.319 e. The summed E-state index contributed by atoms with van der Waals surface area (Å²) in [6.45, 7) is 2.25. The maximum absolute atomic E-state index is 12.2. The number of benzene rings is 1. The van der Waals surface area contributed by atoms with Gasteiger partial charge >= 0.3 is 6.03 Å². The van der Waals surface area contributed by atoms with E-state index >= 15 is 0 Å². The molecule has 1 aromatic heterocycles. The zero-order chi connectivity index (χ0) is 15.9. The number of nitrogens with zero attached hydrogens (tertiary/aromatic N) is 1. The minimum Gasteiger partial charge on any atom is -0.382 e. The molecule has 116 valence electrons. The third kappa shape index (κ3) is 4.44. The molecule has 1 atom stereocenters. The quantitative estimate of drug-likeness (QED) is 0.885. The molecule has 2 rings (SSSR count). The molecule has 1 unspecified atom stereocenters. The van der Waals surface area contributed by atoms with E-state index in [0.717, 1.165) is 16.8 Å². The normalized spacial score (nSPS) is 11.8. The van der Waals surface area contributed by atoms with E-state index in [1.54, 1.807) is 37.7 Å². The van der Waals surface area contributed by atoms with Gasteiger partial charge in [-0.3, -0.25) is 4.98 Å². The van der Waals surface area contributed by atoms with Gasteiger partial charge in [-0.1, -0.05) is 23.7 Å². The van der Waals surface area contributed by atoms with Crippen molar-refractivity contribution >= 4 is 23.3 Å².